The van der Waals surface area contributed by atoms with Gasteiger partial charge in [-0.3, -0.25) is 19.5 Å². The number of aliphatic hydroxyl groups excluding tert-OH is 2. The van der Waals surface area contributed by atoms with Gasteiger partial charge in [-0.1, -0.05) is 41.5 Å². The number of carbonyl (C=O) groups excluding carboxylic acids is 1. The Labute approximate surface area is 413 Å². The van der Waals surface area contributed by atoms with E-state index in [2.05, 4.69) is 92.6 Å². The van der Waals surface area contributed by atoms with Gasteiger partial charge in [0.05, 0.1) is 54.9 Å². The van der Waals surface area contributed by atoms with E-state index in [0.717, 1.165) is 125 Å². The van der Waals surface area contributed by atoms with E-state index in [1.54, 1.807) is 42.7 Å². The molecule has 8 atom stereocenters. The summed E-state index contributed by atoms with van der Waals surface area (Å²) < 4.78 is 32.7. The van der Waals surface area contributed by atoms with Crippen molar-refractivity contribution in [3.05, 3.63) is 69.8 Å². The van der Waals surface area contributed by atoms with Crippen LogP contribution >= 0.6 is 0 Å². The number of rotatable bonds is 12. The van der Waals surface area contributed by atoms with Crippen molar-refractivity contribution in [2.75, 3.05) is 81.9 Å². The molecule has 6 heterocycles. The molecular weight excluding hydrogens is 871 g/mol. The van der Waals surface area contributed by atoms with Crippen LogP contribution in [0.2, 0.25) is 0 Å². The van der Waals surface area contributed by atoms with E-state index in [9.17, 15) is 15.0 Å². The number of methoxy groups -OCH3 is 6. The normalized spacial score (nSPS) is 26.4. The van der Waals surface area contributed by atoms with E-state index in [1.807, 2.05) is 0 Å². The zero-order chi connectivity index (χ0) is 49.7. The molecule has 6 aliphatic heterocycles. The Balaban J connectivity index is 0.000000153. The smallest absolute Gasteiger partial charge is 0.161 e. The summed E-state index contributed by atoms with van der Waals surface area (Å²) in [5, 5.41) is 21.3. The molecule has 3 fully saturated rings. The van der Waals surface area contributed by atoms with E-state index in [4.69, 9.17) is 28.4 Å². The SMILES string of the molecule is COc1cc2c(cc1OC)C1CC(=O)C(CC(C)C)CN1CC2.COc1cc2c(cc1OC)C1CC(O)C(CC(C)C)CN1CC2.COc1cc2c(cc1OC)[C@H]1C[C@H](O)[C@H](CC(C)C)CN1CC2. The van der Waals surface area contributed by atoms with Crippen LogP contribution in [0, 0.1) is 35.5 Å². The molecule has 5 unspecified atom stereocenters. The predicted molar refractivity (Wildman–Crippen MR) is 272 cm³/mol. The molecule has 12 nitrogen and oxygen atoms in total. The molecule has 3 saturated heterocycles. The van der Waals surface area contributed by atoms with Crippen molar-refractivity contribution >= 4 is 5.78 Å². The van der Waals surface area contributed by atoms with Crippen LogP contribution in [0.25, 0.3) is 0 Å². The topological polar surface area (TPSA) is 123 Å². The highest BCUT2D eigenvalue weighted by Gasteiger charge is 2.41. The van der Waals surface area contributed by atoms with Crippen molar-refractivity contribution in [2.24, 2.45) is 35.5 Å². The van der Waals surface area contributed by atoms with Gasteiger partial charge in [-0.15, -0.1) is 0 Å². The fourth-order valence-electron chi connectivity index (χ4n) is 12.6. The Morgan fingerprint density at radius 1 is 0.478 bits per heavy atom. The highest BCUT2D eigenvalue weighted by Crippen LogP contribution is 2.46. The first-order valence-corrected chi connectivity index (χ1v) is 25.9. The van der Waals surface area contributed by atoms with Gasteiger partial charge in [-0.05, 0) is 151 Å². The number of benzene rings is 3. The van der Waals surface area contributed by atoms with Crippen LogP contribution in [0.4, 0.5) is 0 Å². The number of ether oxygens (including phenoxy) is 6. The Bertz CT molecular complexity index is 2100. The summed E-state index contributed by atoms with van der Waals surface area (Å²) >= 11 is 0. The molecule has 9 rings (SSSR count). The van der Waals surface area contributed by atoms with E-state index in [-0.39, 0.29) is 24.2 Å². The van der Waals surface area contributed by atoms with Crippen LogP contribution in [0.5, 0.6) is 34.5 Å². The maximum Gasteiger partial charge on any atom is 0.161 e. The molecule has 0 amide bonds. The van der Waals surface area contributed by atoms with Gasteiger partial charge in [-0.2, -0.15) is 0 Å². The maximum atomic E-state index is 12.6. The number of aliphatic hydroxyl groups is 2. The Morgan fingerprint density at radius 2 is 0.797 bits per heavy atom. The summed E-state index contributed by atoms with van der Waals surface area (Å²) in [6.07, 6.45) is 8.13. The minimum atomic E-state index is -0.210. The lowest BCUT2D eigenvalue weighted by atomic mass is 9.79. The lowest BCUT2D eigenvalue weighted by molar-refractivity contribution is -0.129. The molecule has 0 aliphatic carbocycles. The van der Waals surface area contributed by atoms with E-state index >= 15 is 0 Å². The van der Waals surface area contributed by atoms with Gasteiger partial charge in [0.15, 0.2) is 34.5 Å². The molecule has 0 saturated carbocycles. The van der Waals surface area contributed by atoms with E-state index in [0.29, 0.717) is 53.9 Å². The van der Waals surface area contributed by atoms with Gasteiger partial charge in [0, 0.05) is 69.7 Å². The highest BCUT2D eigenvalue weighted by molar-refractivity contribution is 5.83. The second-order valence-electron chi connectivity index (χ2n) is 21.9. The van der Waals surface area contributed by atoms with Crippen LogP contribution < -0.4 is 28.4 Å². The van der Waals surface area contributed by atoms with Crippen molar-refractivity contribution in [1.82, 2.24) is 14.7 Å². The van der Waals surface area contributed by atoms with Gasteiger partial charge in [-0.25, -0.2) is 0 Å². The molecule has 3 aromatic carbocycles. The minimum absolute atomic E-state index is 0.202. The van der Waals surface area contributed by atoms with Gasteiger partial charge in [0.1, 0.15) is 5.78 Å². The van der Waals surface area contributed by atoms with Gasteiger partial charge < -0.3 is 38.6 Å². The molecule has 0 bridgehead atoms. The fraction of sp³-hybridized carbons (Fsp3) is 0.667. The van der Waals surface area contributed by atoms with Crippen LogP contribution in [0.1, 0.15) is 132 Å². The summed E-state index contributed by atoms with van der Waals surface area (Å²) in [7, 11) is 10.1. The summed E-state index contributed by atoms with van der Waals surface area (Å²) in [6.45, 7) is 19.4. The third-order valence-corrected chi connectivity index (χ3v) is 15.9. The average Bonchev–Trinajstić information content (AvgIpc) is 3.33. The summed E-state index contributed by atoms with van der Waals surface area (Å²) in [5.74, 6) is 7.95. The summed E-state index contributed by atoms with van der Waals surface area (Å²) in [5.41, 5.74) is 7.80. The van der Waals surface area contributed by atoms with Crippen molar-refractivity contribution < 1.29 is 43.4 Å². The van der Waals surface area contributed by atoms with Crippen molar-refractivity contribution in [3.8, 4) is 34.5 Å². The minimum Gasteiger partial charge on any atom is -0.493 e. The average molecular weight is 956 g/mol. The van der Waals surface area contributed by atoms with E-state index < -0.39 is 0 Å². The zero-order valence-corrected chi connectivity index (χ0v) is 44.0. The van der Waals surface area contributed by atoms with Crippen molar-refractivity contribution in [1.29, 1.82) is 0 Å². The number of carbonyl (C=O) groups is 1. The fourth-order valence-corrected chi connectivity index (χ4v) is 12.6. The maximum absolute atomic E-state index is 12.6. The third kappa shape index (κ3) is 12.0. The van der Waals surface area contributed by atoms with Crippen LogP contribution in [0.3, 0.4) is 0 Å². The number of hydrogen-bond donors (Lipinski definition) is 2. The first kappa shape index (κ1) is 52.7. The summed E-state index contributed by atoms with van der Waals surface area (Å²) in [4.78, 5) is 20.2. The molecule has 6 aliphatic rings. The number of ketones is 1. The molecule has 2 N–H and O–H groups in total. The third-order valence-electron chi connectivity index (χ3n) is 15.9. The molecule has 382 valence electrons. The zero-order valence-electron chi connectivity index (χ0n) is 44.0. The second-order valence-corrected chi connectivity index (χ2v) is 21.9. The van der Waals surface area contributed by atoms with Crippen LogP contribution in [-0.2, 0) is 24.1 Å². The summed E-state index contributed by atoms with van der Waals surface area (Å²) in [6, 6.07) is 13.4. The molecule has 0 spiro atoms. The van der Waals surface area contributed by atoms with Crippen LogP contribution in [-0.4, -0.2) is 125 Å². The predicted octanol–water partition coefficient (Wildman–Crippen LogP) is 9.30. The number of Topliss-reactive ketones (excluding diaryl/α,β-unsaturated/α-hetero) is 1. The van der Waals surface area contributed by atoms with Gasteiger partial charge in [0.25, 0.3) is 0 Å². The van der Waals surface area contributed by atoms with E-state index in [1.165, 1.54) is 33.4 Å². The largest absolute Gasteiger partial charge is 0.493 e. The number of nitrogens with zero attached hydrogens (tertiary/aromatic N) is 3. The Morgan fingerprint density at radius 3 is 1.13 bits per heavy atom. The molecule has 0 aromatic heterocycles. The Kier molecular flexibility index (Phi) is 17.9. The lowest BCUT2D eigenvalue weighted by Crippen LogP contribution is -2.48. The Hall–Kier alpha value is -4.07. The van der Waals surface area contributed by atoms with Gasteiger partial charge in [0.2, 0.25) is 0 Å². The monoisotopic (exact) mass is 956 g/mol. The first-order valence-electron chi connectivity index (χ1n) is 25.9. The number of piperidine rings is 3. The standard InChI is InChI=1S/2C19H29NO3.C19H27NO3/c3*1-12(2)7-14-11-20-6-5-13-8-18(22-3)19(23-4)9-15(13)16(20)10-17(14)21/h2*8-9,12,14,16-17,21H,5-7,10-11H2,1-4H3;8-9,12,14,16H,5-7,10-11H2,1-4H3/t14-,16-,17+;;/m1../s1. The molecule has 3 aromatic rings. The molecule has 12 heteroatoms. The van der Waals surface area contributed by atoms with Crippen molar-refractivity contribution in [3.63, 3.8) is 0 Å². The number of hydrogen-bond acceptors (Lipinski definition) is 12. The van der Waals surface area contributed by atoms with Crippen LogP contribution in [0.15, 0.2) is 36.4 Å². The highest BCUT2D eigenvalue weighted by atomic mass is 16.5. The molecular formula is C57H85N3O9. The van der Waals surface area contributed by atoms with Gasteiger partial charge >= 0.3 is 0 Å². The quantitative estimate of drug-likeness (QED) is 0.180. The van der Waals surface area contributed by atoms with Crippen molar-refractivity contribution in [2.45, 2.75) is 130 Å². The number of fused-ring (bicyclic) bond motifs is 9. The first-order chi connectivity index (χ1) is 33.1. The molecule has 0 radical (unpaired) electrons. The lowest BCUT2D eigenvalue weighted by Gasteiger charge is -2.46. The second kappa shape index (κ2) is 23.4. The molecule has 69 heavy (non-hydrogen) atoms.